The minimum atomic E-state index is -0.281. The molecule has 0 bridgehead atoms. The second-order valence-electron chi connectivity index (χ2n) is 6.46. The van der Waals surface area contributed by atoms with Gasteiger partial charge in [0.05, 0.1) is 12.2 Å². The van der Waals surface area contributed by atoms with E-state index in [2.05, 4.69) is 20.3 Å². The van der Waals surface area contributed by atoms with Gasteiger partial charge in [-0.3, -0.25) is 14.6 Å². The first kappa shape index (κ1) is 17.0. The van der Waals surface area contributed by atoms with Gasteiger partial charge in [-0.15, -0.1) is 0 Å². The van der Waals surface area contributed by atoms with Crippen molar-refractivity contribution in [1.82, 2.24) is 20.3 Å². The van der Waals surface area contributed by atoms with Crippen LogP contribution in [0.1, 0.15) is 28.5 Å². The molecule has 0 fully saturated rings. The number of carbonyl (C=O) groups is 1. The van der Waals surface area contributed by atoms with E-state index in [-0.39, 0.29) is 24.1 Å². The zero-order valence-corrected chi connectivity index (χ0v) is 14.7. The van der Waals surface area contributed by atoms with E-state index in [0.717, 1.165) is 17.7 Å². The van der Waals surface area contributed by atoms with Crippen LogP contribution in [-0.2, 0) is 13.0 Å². The number of aromatic nitrogens is 3. The number of amides is 1. The third kappa shape index (κ3) is 3.72. The van der Waals surface area contributed by atoms with Crippen LogP contribution in [0.15, 0.2) is 53.6 Å². The van der Waals surface area contributed by atoms with Crippen LogP contribution < -0.4 is 15.6 Å². The highest BCUT2D eigenvalue weighted by atomic mass is 16.5. The summed E-state index contributed by atoms with van der Waals surface area (Å²) < 4.78 is 5.65. The Hall–Kier alpha value is -3.48. The molecule has 3 aromatic rings. The predicted octanol–water partition coefficient (Wildman–Crippen LogP) is 2.09. The van der Waals surface area contributed by atoms with Gasteiger partial charge in [-0.1, -0.05) is 0 Å². The largest absolute Gasteiger partial charge is 0.490 e. The topological polar surface area (TPSA) is 97.0 Å². The van der Waals surface area contributed by atoms with Gasteiger partial charge in [-0.05, 0) is 42.8 Å². The maximum atomic E-state index is 12.5. The second kappa shape index (κ2) is 7.03. The molecule has 0 saturated heterocycles. The quantitative estimate of drug-likeness (QED) is 0.741. The molecule has 2 aromatic heterocycles. The number of nitrogens with one attached hydrogen (secondary N) is 2. The zero-order valence-electron chi connectivity index (χ0n) is 14.7. The van der Waals surface area contributed by atoms with Crippen LogP contribution in [0.3, 0.4) is 0 Å². The predicted molar refractivity (Wildman–Crippen MR) is 99.5 cm³/mol. The number of pyridine rings is 1. The highest BCUT2D eigenvalue weighted by Gasteiger charge is 2.20. The molecule has 2 N–H and O–H groups in total. The van der Waals surface area contributed by atoms with Crippen molar-refractivity contribution in [3.8, 4) is 17.1 Å². The molecule has 0 aliphatic carbocycles. The summed E-state index contributed by atoms with van der Waals surface area (Å²) in [5.41, 5.74) is 2.49. The van der Waals surface area contributed by atoms with E-state index in [1.54, 1.807) is 30.6 Å². The van der Waals surface area contributed by atoms with Crippen LogP contribution in [0.2, 0.25) is 0 Å². The van der Waals surface area contributed by atoms with Crippen LogP contribution in [0.5, 0.6) is 5.75 Å². The maximum Gasteiger partial charge on any atom is 0.251 e. The van der Waals surface area contributed by atoms with Gasteiger partial charge < -0.3 is 15.0 Å². The summed E-state index contributed by atoms with van der Waals surface area (Å²) in [6.45, 7) is 2.15. The molecule has 0 saturated carbocycles. The van der Waals surface area contributed by atoms with Crippen LogP contribution in [0.4, 0.5) is 0 Å². The van der Waals surface area contributed by atoms with E-state index >= 15 is 0 Å². The lowest BCUT2D eigenvalue weighted by Gasteiger charge is -2.07. The number of aromatic amines is 1. The fourth-order valence-electron chi connectivity index (χ4n) is 3.07. The minimum Gasteiger partial charge on any atom is -0.490 e. The van der Waals surface area contributed by atoms with Crippen LogP contribution in [0, 0.1) is 0 Å². The third-order valence-electron chi connectivity index (χ3n) is 4.32. The number of fused-ring (bicyclic) bond motifs is 1. The van der Waals surface area contributed by atoms with Gasteiger partial charge in [-0.2, -0.15) is 0 Å². The molecule has 0 unspecified atom stereocenters. The Morgan fingerprint density at radius 1 is 1.33 bits per heavy atom. The average molecular weight is 362 g/mol. The van der Waals surface area contributed by atoms with Crippen molar-refractivity contribution >= 4 is 5.91 Å². The molecule has 1 aliphatic rings. The van der Waals surface area contributed by atoms with Crippen molar-refractivity contribution in [3.63, 3.8) is 0 Å². The van der Waals surface area contributed by atoms with Gasteiger partial charge in [0.2, 0.25) is 0 Å². The van der Waals surface area contributed by atoms with E-state index in [1.807, 2.05) is 19.1 Å². The summed E-state index contributed by atoms with van der Waals surface area (Å²) in [5, 5.41) is 2.81. The molecule has 1 aromatic carbocycles. The Morgan fingerprint density at radius 2 is 2.22 bits per heavy atom. The second-order valence-corrected chi connectivity index (χ2v) is 6.46. The first-order valence-corrected chi connectivity index (χ1v) is 8.67. The molecule has 1 aliphatic heterocycles. The maximum absolute atomic E-state index is 12.5. The molecular weight excluding hydrogens is 344 g/mol. The van der Waals surface area contributed by atoms with Crippen molar-refractivity contribution in [2.24, 2.45) is 0 Å². The molecule has 7 nitrogen and oxygen atoms in total. The van der Waals surface area contributed by atoms with Crippen LogP contribution >= 0.6 is 0 Å². The first-order chi connectivity index (χ1) is 13.1. The van der Waals surface area contributed by atoms with Crippen molar-refractivity contribution in [2.75, 3.05) is 0 Å². The number of rotatable bonds is 4. The molecule has 0 spiro atoms. The van der Waals surface area contributed by atoms with E-state index < -0.39 is 0 Å². The monoisotopic (exact) mass is 362 g/mol. The molecule has 7 heteroatoms. The molecule has 3 heterocycles. The molecule has 1 amide bonds. The Bertz CT molecular complexity index is 1050. The molecule has 136 valence electrons. The summed E-state index contributed by atoms with van der Waals surface area (Å²) >= 11 is 0. The molecule has 1 atom stereocenters. The Morgan fingerprint density at radius 3 is 3.04 bits per heavy atom. The molecule has 0 radical (unpaired) electrons. The van der Waals surface area contributed by atoms with Crippen molar-refractivity contribution in [3.05, 3.63) is 76.0 Å². The van der Waals surface area contributed by atoms with Crippen molar-refractivity contribution < 1.29 is 9.53 Å². The number of hydrogen-bond donors (Lipinski definition) is 2. The number of benzene rings is 1. The number of ether oxygens (including phenoxy) is 1. The van der Waals surface area contributed by atoms with Gasteiger partial charge in [0.25, 0.3) is 11.5 Å². The first-order valence-electron chi connectivity index (χ1n) is 8.67. The van der Waals surface area contributed by atoms with E-state index in [4.69, 9.17) is 4.74 Å². The zero-order chi connectivity index (χ0) is 18.8. The summed E-state index contributed by atoms with van der Waals surface area (Å²) in [7, 11) is 0. The van der Waals surface area contributed by atoms with Gasteiger partial charge in [0.1, 0.15) is 17.7 Å². The Balaban J connectivity index is 1.49. The lowest BCUT2D eigenvalue weighted by Crippen LogP contribution is -2.24. The average Bonchev–Trinajstić information content (AvgIpc) is 3.05. The highest BCUT2D eigenvalue weighted by Crippen LogP contribution is 2.29. The van der Waals surface area contributed by atoms with Crippen molar-refractivity contribution in [2.45, 2.75) is 26.0 Å². The number of carbonyl (C=O) groups excluding carboxylic acids is 1. The van der Waals surface area contributed by atoms with E-state index in [9.17, 15) is 9.59 Å². The lowest BCUT2D eigenvalue weighted by molar-refractivity contribution is 0.0950. The smallest absolute Gasteiger partial charge is 0.251 e. The minimum absolute atomic E-state index is 0.129. The van der Waals surface area contributed by atoms with E-state index in [0.29, 0.717) is 22.6 Å². The standard InChI is InChI=1S/C20H18N4O3/c1-12-7-15-8-13(4-5-17(15)27-12)20(26)22-11-16-9-18(25)24-19(23-16)14-3-2-6-21-10-14/h2-6,8-10,12H,7,11H2,1H3,(H,22,26)(H,23,24,25)/t12-/m0/s1. The summed E-state index contributed by atoms with van der Waals surface area (Å²) in [6.07, 6.45) is 4.19. The van der Waals surface area contributed by atoms with Gasteiger partial charge in [0, 0.05) is 36.0 Å². The van der Waals surface area contributed by atoms with E-state index in [1.165, 1.54) is 6.07 Å². The van der Waals surface area contributed by atoms with Gasteiger partial charge in [-0.25, -0.2) is 4.98 Å². The van der Waals surface area contributed by atoms with Crippen LogP contribution in [-0.4, -0.2) is 27.0 Å². The lowest BCUT2D eigenvalue weighted by atomic mass is 10.1. The summed E-state index contributed by atoms with van der Waals surface area (Å²) in [4.78, 5) is 35.5. The Kier molecular flexibility index (Phi) is 4.42. The number of nitrogens with zero attached hydrogens (tertiary/aromatic N) is 2. The molecule has 27 heavy (non-hydrogen) atoms. The fraction of sp³-hybridized carbons (Fsp3) is 0.200. The van der Waals surface area contributed by atoms with Crippen molar-refractivity contribution in [1.29, 1.82) is 0 Å². The van der Waals surface area contributed by atoms with Gasteiger partial charge >= 0.3 is 0 Å². The SMILES string of the molecule is C[C@H]1Cc2cc(C(=O)NCc3cc(=O)[nH]c(-c4cccnc4)n3)ccc2O1. The molecule has 4 rings (SSSR count). The Labute approximate surface area is 155 Å². The number of H-pyrrole nitrogens is 1. The number of hydrogen-bond acceptors (Lipinski definition) is 5. The van der Waals surface area contributed by atoms with Crippen LogP contribution in [0.25, 0.3) is 11.4 Å². The normalized spacial score (nSPS) is 15.1. The van der Waals surface area contributed by atoms with Gasteiger partial charge in [0.15, 0.2) is 0 Å². The fourth-order valence-corrected chi connectivity index (χ4v) is 3.07. The summed E-state index contributed by atoms with van der Waals surface area (Å²) in [6, 6.07) is 10.3. The molecular formula is C20H18N4O3. The summed E-state index contributed by atoms with van der Waals surface area (Å²) in [5.74, 6) is 1.03. The highest BCUT2D eigenvalue weighted by molar-refractivity contribution is 5.94. The third-order valence-corrected chi connectivity index (χ3v) is 4.32.